The normalized spacial score (nSPS) is 11.2. The second kappa shape index (κ2) is 8.32. The molecule has 1 aromatic rings. The van der Waals surface area contributed by atoms with E-state index >= 15 is 0 Å². The van der Waals surface area contributed by atoms with Crippen LogP contribution in [0.3, 0.4) is 0 Å². The van der Waals surface area contributed by atoms with Crippen molar-refractivity contribution < 1.29 is 14.3 Å². The van der Waals surface area contributed by atoms with Crippen LogP contribution in [-0.2, 0) is 9.53 Å². The largest absolute Gasteiger partial charge is 0.497 e. The molecule has 0 heterocycles. The molecule has 0 aliphatic heterocycles. The molecule has 18 heavy (non-hydrogen) atoms. The molecule has 0 aliphatic carbocycles. The molecule has 0 saturated heterocycles. The van der Waals surface area contributed by atoms with E-state index in [0.717, 1.165) is 17.6 Å². The Bertz CT molecular complexity index is 429. The summed E-state index contributed by atoms with van der Waals surface area (Å²) in [4.78, 5) is 10.1. The van der Waals surface area contributed by atoms with Crippen LogP contribution >= 0.6 is 0 Å². The zero-order valence-electron chi connectivity index (χ0n) is 10.8. The van der Waals surface area contributed by atoms with E-state index in [1.165, 1.54) is 0 Å². The Kier molecular flexibility index (Phi) is 6.60. The molecule has 3 nitrogen and oxygen atoms in total. The molecule has 0 spiro atoms. The third kappa shape index (κ3) is 4.60. The Morgan fingerprint density at radius 1 is 1.33 bits per heavy atom. The molecule has 96 valence electrons. The second-order valence-corrected chi connectivity index (χ2v) is 3.76. The van der Waals surface area contributed by atoms with Crippen LogP contribution in [0.1, 0.15) is 30.9 Å². The minimum absolute atomic E-state index is 0.0659. The highest BCUT2D eigenvalue weighted by molar-refractivity contribution is 5.49. The van der Waals surface area contributed by atoms with Gasteiger partial charge in [-0.05, 0) is 17.7 Å². The lowest BCUT2D eigenvalue weighted by Gasteiger charge is -2.13. The summed E-state index contributed by atoms with van der Waals surface area (Å²) in [6, 6.07) is 7.76. The van der Waals surface area contributed by atoms with Crippen molar-refractivity contribution in [2.75, 3.05) is 14.2 Å². The van der Waals surface area contributed by atoms with Crippen molar-refractivity contribution in [2.24, 2.45) is 0 Å². The number of rotatable bonds is 6. The predicted molar refractivity (Wildman–Crippen MR) is 70.4 cm³/mol. The van der Waals surface area contributed by atoms with Gasteiger partial charge in [-0.15, -0.1) is 11.8 Å². The number of carbonyl (C=O) groups excluding carboxylic acids is 1. The molecule has 0 N–H and O–H groups in total. The third-order valence-corrected chi connectivity index (χ3v) is 2.55. The van der Waals surface area contributed by atoms with Crippen molar-refractivity contribution in [2.45, 2.75) is 25.4 Å². The Hall–Kier alpha value is -1.79. The van der Waals surface area contributed by atoms with Crippen molar-refractivity contribution >= 4 is 6.29 Å². The number of methoxy groups -OCH3 is 2. The number of aldehydes is 1. The van der Waals surface area contributed by atoms with Crippen LogP contribution in [0, 0.1) is 11.8 Å². The molecule has 3 heteroatoms. The maximum atomic E-state index is 10.1. The van der Waals surface area contributed by atoms with Gasteiger partial charge in [0.1, 0.15) is 12.0 Å². The molecule has 0 amide bonds. The summed E-state index contributed by atoms with van der Waals surface area (Å²) >= 11 is 0. The zero-order chi connectivity index (χ0) is 13.2. The number of carbonyl (C=O) groups is 1. The van der Waals surface area contributed by atoms with Crippen LogP contribution in [-0.4, -0.2) is 20.5 Å². The van der Waals surface area contributed by atoms with E-state index in [9.17, 15) is 4.79 Å². The predicted octanol–water partition coefficient (Wildman–Crippen LogP) is 2.76. The highest BCUT2D eigenvalue weighted by Crippen LogP contribution is 2.23. The van der Waals surface area contributed by atoms with Gasteiger partial charge < -0.3 is 14.3 Å². The Morgan fingerprint density at radius 2 is 2.17 bits per heavy atom. The molecule has 0 fully saturated rings. The first-order valence-corrected chi connectivity index (χ1v) is 5.88. The maximum Gasteiger partial charge on any atom is 0.120 e. The fourth-order valence-corrected chi connectivity index (χ4v) is 1.56. The average molecular weight is 246 g/mol. The van der Waals surface area contributed by atoms with Gasteiger partial charge >= 0.3 is 0 Å². The van der Waals surface area contributed by atoms with Crippen molar-refractivity contribution in [3.8, 4) is 17.6 Å². The van der Waals surface area contributed by atoms with E-state index in [2.05, 4.69) is 11.8 Å². The Morgan fingerprint density at radius 3 is 2.83 bits per heavy atom. The molecule has 0 bridgehead atoms. The van der Waals surface area contributed by atoms with E-state index in [0.29, 0.717) is 19.3 Å². The van der Waals surface area contributed by atoms with Crippen LogP contribution < -0.4 is 4.74 Å². The highest BCUT2D eigenvalue weighted by Gasteiger charge is 2.09. The van der Waals surface area contributed by atoms with Gasteiger partial charge in [0.25, 0.3) is 0 Å². The van der Waals surface area contributed by atoms with Gasteiger partial charge in [0.2, 0.25) is 0 Å². The quantitative estimate of drug-likeness (QED) is 0.440. The first-order chi connectivity index (χ1) is 8.81. The standard InChI is InChI=1S/C15H18O3/c1-17-14-9-7-8-13(12-14)15(18-2)10-5-3-4-6-11-16/h7-9,11-12,15H,4,6,10H2,1-2H3. The van der Waals surface area contributed by atoms with Crippen LogP contribution in [0.25, 0.3) is 0 Å². The van der Waals surface area contributed by atoms with Gasteiger partial charge in [0.05, 0.1) is 13.2 Å². The molecule has 1 rings (SSSR count). The summed E-state index contributed by atoms with van der Waals surface area (Å²) in [6.07, 6.45) is 2.53. The molecule has 0 aliphatic rings. The number of ether oxygens (including phenoxy) is 2. The smallest absolute Gasteiger partial charge is 0.120 e. The summed E-state index contributed by atoms with van der Waals surface area (Å²) in [6.45, 7) is 0. The van der Waals surface area contributed by atoms with E-state index in [1.807, 2.05) is 24.3 Å². The summed E-state index contributed by atoms with van der Waals surface area (Å²) in [5, 5.41) is 0. The average Bonchev–Trinajstić information content (AvgIpc) is 2.43. The number of benzene rings is 1. The second-order valence-electron chi connectivity index (χ2n) is 3.76. The molecular weight excluding hydrogens is 228 g/mol. The van der Waals surface area contributed by atoms with Crippen LogP contribution in [0.15, 0.2) is 24.3 Å². The topological polar surface area (TPSA) is 35.5 Å². The van der Waals surface area contributed by atoms with Crippen molar-refractivity contribution in [1.29, 1.82) is 0 Å². The van der Waals surface area contributed by atoms with Crippen LogP contribution in [0.5, 0.6) is 5.75 Å². The fourth-order valence-electron chi connectivity index (χ4n) is 1.56. The number of hydrogen-bond acceptors (Lipinski definition) is 3. The van der Waals surface area contributed by atoms with Gasteiger partial charge in [-0.25, -0.2) is 0 Å². The monoisotopic (exact) mass is 246 g/mol. The molecular formula is C15H18O3. The summed E-state index contributed by atoms with van der Waals surface area (Å²) in [5.74, 6) is 6.80. The lowest BCUT2D eigenvalue weighted by Crippen LogP contribution is -2.00. The van der Waals surface area contributed by atoms with Gasteiger partial charge in [-0.2, -0.15) is 0 Å². The number of unbranched alkanes of at least 4 members (excludes halogenated alkanes) is 1. The molecule has 1 atom stereocenters. The third-order valence-electron chi connectivity index (χ3n) is 2.55. The lowest BCUT2D eigenvalue weighted by molar-refractivity contribution is -0.107. The van der Waals surface area contributed by atoms with E-state index in [4.69, 9.17) is 9.47 Å². The van der Waals surface area contributed by atoms with E-state index in [-0.39, 0.29) is 6.10 Å². The minimum atomic E-state index is -0.0659. The Balaban J connectivity index is 2.63. The van der Waals surface area contributed by atoms with Crippen LogP contribution in [0.4, 0.5) is 0 Å². The van der Waals surface area contributed by atoms with Crippen molar-refractivity contribution in [3.63, 3.8) is 0 Å². The van der Waals surface area contributed by atoms with Crippen molar-refractivity contribution in [3.05, 3.63) is 29.8 Å². The highest BCUT2D eigenvalue weighted by atomic mass is 16.5. The molecule has 0 radical (unpaired) electrons. The lowest BCUT2D eigenvalue weighted by atomic mass is 10.1. The van der Waals surface area contributed by atoms with Crippen molar-refractivity contribution in [1.82, 2.24) is 0 Å². The van der Waals surface area contributed by atoms with Gasteiger partial charge in [0.15, 0.2) is 0 Å². The SMILES string of the molecule is COc1cccc(C(CC#CCCC=O)OC)c1. The molecule has 0 saturated carbocycles. The molecule has 0 aromatic heterocycles. The maximum absolute atomic E-state index is 10.1. The summed E-state index contributed by atoms with van der Waals surface area (Å²) in [7, 11) is 3.30. The first-order valence-electron chi connectivity index (χ1n) is 5.88. The number of hydrogen-bond donors (Lipinski definition) is 0. The fraction of sp³-hybridized carbons (Fsp3) is 0.400. The van der Waals surface area contributed by atoms with E-state index < -0.39 is 0 Å². The molecule has 1 unspecified atom stereocenters. The van der Waals surface area contributed by atoms with Gasteiger partial charge in [-0.3, -0.25) is 0 Å². The minimum Gasteiger partial charge on any atom is -0.497 e. The summed E-state index contributed by atoms with van der Waals surface area (Å²) in [5.41, 5.74) is 1.04. The van der Waals surface area contributed by atoms with Gasteiger partial charge in [0, 0.05) is 26.4 Å². The molecule has 1 aromatic carbocycles. The Labute approximate surface area is 108 Å². The van der Waals surface area contributed by atoms with Gasteiger partial charge in [-0.1, -0.05) is 12.1 Å². The first kappa shape index (κ1) is 14.3. The summed E-state index contributed by atoms with van der Waals surface area (Å²) < 4.78 is 10.6. The van der Waals surface area contributed by atoms with Crippen LogP contribution in [0.2, 0.25) is 0 Å². The van der Waals surface area contributed by atoms with E-state index in [1.54, 1.807) is 14.2 Å². The zero-order valence-corrected chi connectivity index (χ0v) is 10.8.